The first-order chi connectivity index (χ1) is 9.11. The van der Waals surface area contributed by atoms with Crippen molar-refractivity contribution < 1.29 is 14.6 Å². The van der Waals surface area contributed by atoms with Crippen molar-refractivity contribution in [2.24, 2.45) is 5.73 Å². The number of hydrogen-bond donors (Lipinski definition) is 2. The van der Waals surface area contributed by atoms with Gasteiger partial charge in [-0.15, -0.1) is 0 Å². The number of pyridine rings is 1. The summed E-state index contributed by atoms with van der Waals surface area (Å²) in [5, 5.41) is 13.4. The van der Waals surface area contributed by atoms with E-state index in [9.17, 15) is 9.90 Å². The minimum Gasteiger partial charge on any atom is -0.437 e. The fourth-order valence-corrected chi connectivity index (χ4v) is 1.65. The lowest BCUT2D eigenvalue weighted by Gasteiger charge is -2.14. The standard InChI is InChI=1S/C10H10ClN5O3/c11-6-2-14-7(9(3-17)19-10(12)18)1-8(6)16-5-13-4-15-16/h1-2,4-5,9,17H,3H2,(H2,12,18)/t9-/m1/s1. The number of hydrogen-bond acceptors (Lipinski definition) is 6. The van der Waals surface area contributed by atoms with Gasteiger partial charge in [0.05, 0.1) is 23.0 Å². The van der Waals surface area contributed by atoms with Gasteiger partial charge in [-0.25, -0.2) is 14.5 Å². The zero-order chi connectivity index (χ0) is 13.8. The Kier molecular flexibility index (Phi) is 3.93. The summed E-state index contributed by atoms with van der Waals surface area (Å²) < 4.78 is 6.16. The van der Waals surface area contributed by atoms with Crippen molar-refractivity contribution in [2.75, 3.05) is 6.61 Å². The molecule has 3 N–H and O–H groups in total. The van der Waals surface area contributed by atoms with E-state index in [2.05, 4.69) is 15.1 Å². The predicted octanol–water partition coefficient (Wildman–Crippen LogP) is 0.444. The van der Waals surface area contributed by atoms with Gasteiger partial charge in [0, 0.05) is 6.20 Å². The molecule has 0 radical (unpaired) electrons. The van der Waals surface area contributed by atoms with Crippen LogP contribution in [-0.2, 0) is 4.74 Å². The van der Waals surface area contributed by atoms with Crippen molar-refractivity contribution in [3.63, 3.8) is 0 Å². The second kappa shape index (κ2) is 5.63. The Morgan fingerprint density at radius 1 is 1.63 bits per heavy atom. The first kappa shape index (κ1) is 13.2. The van der Waals surface area contributed by atoms with Crippen molar-refractivity contribution in [1.82, 2.24) is 19.7 Å². The van der Waals surface area contributed by atoms with Gasteiger partial charge >= 0.3 is 6.09 Å². The highest BCUT2D eigenvalue weighted by atomic mass is 35.5. The minimum atomic E-state index is -1.00. The van der Waals surface area contributed by atoms with Crippen LogP contribution in [0, 0.1) is 0 Å². The van der Waals surface area contributed by atoms with Crippen molar-refractivity contribution in [1.29, 1.82) is 0 Å². The van der Waals surface area contributed by atoms with E-state index in [-0.39, 0.29) is 0 Å². The molecule has 0 aromatic carbocycles. The van der Waals surface area contributed by atoms with Crippen LogP contribution in [0.15, 0.2) is 24.9 Å². The van der Waals surface area contributed by atoms with Crippen LogP contribution in [0.25, 0.3) is 5.69 Å². The highest BCUT2D eigenvalue weighted by Crippen LogP contribution is 2.23. The molecular weight excluding hydrogens is 274 g/mol. The average molecular weight is 284 g/mol. The van der Waals surface area contributed by atoms with Gasteiger partial charge in [-0.05, 0) is 6.07 Å². The van der Waals surface area contributed by atoms with E-state index in [1.165, 1.54) is 29.6 Å². The molecule has 0 saturated carbocycles. The largest absolute Gasteiger partial charge is 0.437 e. The molecule has 0 aliphatic carbocycles. The molecule has 19 heavy (non-hydrogen) atoms. The topological polar surface area (TPSA) is 116 Å². The number of ether oxygens (including phenoxy) is 1. The van der Waals surface area contributed by atoms with Gasteiger partial charge in [-0.3, -0.25) is 4.98 Å². The number of nitrogens with two attached hydrogens (primary N) is 1. The zero-order valence-electron chi connectivity index (χ0n) is 9.60. The van der Waals surface area contributed by atoms with E-state index in [1.54, 1.807) is 0 Å². The number of primary amides is 1. The average Bonchev–Trinajstić information content (AvgIpc) is 2.90. The summed E-state index contributed by atoms with van der Waals surface area (Å²) in [5.74, 6) is 0. The molecule has 2 aromatic heterocycles. The van der Waals surface area contributed by atoms with Crippen LogP contribution >= 0.6 is 11.6 Å². The minimum absolute atomic E-state index is 0.302. The normalized spacial score (nSPS) is 12.1. The molecule has 9 heteroatoms. The predicted molar refractivity (Wildman–Crippen MR) is 64.7 cm³/mol. The van der Waals surface area contributed by atoms with Crippen LogP contribution in [0.5, 0.6) is 0 Å². The Hall–Kier alpha value is -2.19. The molecule has 1 amide bonds. The lowest BCUT2D eigenvalue weighted by molar-refractivity contribution is 0.0608. The molecular formula is C10H10ClN5O3. The smallest absolute Gasteiger partial charge is 0.405 e. The Morgan fingerprint density at radius 3 is 3.00 bits per heavy atom. The van der Waals surface area contributed by atoms with Crippen LogP contribution in [-0.4, -0.2) is 37.6 Å². The summed E-state index contributed by atoms with van der Waals surface area (Å²) in [5.41, 5.74) is 5.71. The van der Waals surface area contributed by atoms with E-state index >= 15 is 0 Å². The fourth-order valence-electron chi connectivity index (χ4n) is 1.46. The van der Waals surface area contributed by atoms with Crippen LogP contribution < -0.4 is 5.73 Å². The molecule has 0 saturated heterocycles. The van der Waals surface area contributed by atoms with Gasteiger partial charge in [0.15, 0.2) is 6.10 Å². The van der Waals surface area contributed by atoms with Gasteiger partial charge in [0.1, 0.15) is 12.7 Å². The number of aliphatic hydroxyl groups is 1. The molecule has 2 rings (SSSR count). The number of halogens is 1. The molecule has 1 atom stereocenters. The Balaban J connectivity index is 2.37. The van der Waals surface area contributed by atoms with Gasteiger partial charge in [-0.1, -0.05) is 11.6 Å². The first-order valence-corrected chi connectivity index (χ1v) is 5.57. The second-order valence-corrected chi connectivity index (χ2v) is 3.92. The number of rotatable bonds is 4. The number of nitrogens with zero attached hydrogens (tertiary/aromatic N) is 4. The van der Waals surface area contributed by atoms with Crippen molar-refractivity contribution in [2.45, 2.75) is 6.10 Å². The Morgan fingerprint density at radius 2 is 2.42 bits per heavy atom. The highest BCUT2D eigenvalue weighted by Gasteiger charge is 2.18. The monoisotopic (exact) mass is 283 g/mol. The number of aliphatic hydroxyl groups excluding tert-OH is 1. The van der Waals surface area contributed by atoms with E-state index in [1.807, 2.05) is 0 Å². The fraction of sp³-hybridized carbons (Fsp3) is 0.200. The zero-order valence-corrected chi connectivity index (χ0v) is 10.4. The molecule has 0 aliphatic heterocycles. The summed E-state index contributed by atoms with van der Waals surface area (Å²) in [7, 11) is 0. The third-order valence-electron chi connectivity index (χ3n) is 2.28. The van der Waals surface area contributed by atoms with Gasteiger partial charge in [-0.2, -0.15) is 5.10 Å². The Bertz CT molecular complexity index is 575. The first-order valence-electron chi connectivity index (χ1n) is 5.19. The molecule has 8 nitrogen and oxygen atoms in total. The van der Waals surface area contributed by atoms with Gasteiger partial charge in [0.25, 0.3) is 0 Å². The quantitative estimate of drug-likeness (QED) is 0.841. The molecule has 0 unspecified atom stereocenters. The molecule has 0 aliphatic rings. The van der Waals surface area contributed by atoms with Crippen LogP contribution in [0.4, 0.5) is 4.79 Å². The molecule has 0 fully saturated rings. The van der Waals surface area contributed by atoms with Crippen molar-refractivity contribution >= 4 is 17.7 Å². The Labute approximate surface area is 112 Å². The summed E-state index contributed by atoms with van der Waals surface area (Å²) in [6, 6.07) is 1.53. The van der Waals surface area contributed by atoms with Crippen LogP contribution in [0.2, 0.25) is 5.02 Å². The van der Waals surface area contributed by atoms with Crippen molar-refractivity contribution in [3.05, 3.63) is 35.6 Å². The highest BCUT2D eigenvalue weighted by molar-refractivity contribution is 6.32. The number of aromatic nitrogens is 4. The number of carbonyl (C=O) groups is 1. The second-order valence-electron chi connectivity index (χ2n) is 3.51. The van der Waals surface area contributed by atoms with Crippen molar-refractivity contribution in [3.8, 4) is 5.69 Å². The van der Waals surface area contributed by atoms with E-state index < -0.39 is 18.8 Å². The van der Waals surface area contributed by atoms with E-state index in [0.29, 0.717) is 16.4 Å². The van der Waals surface area contributed by atoms with Gasteiger partial charge < -0.3 is 15.6 Å². The molecule has 0 spiro atoms. The third kappa shape index (κ3) is 2.98. The van der Waals surface area contributed by atoms with Crippen LogP contribution in [0.3, 0.4) is 0 Å². The van der Waals surface area contributed by atoms with Crippen LogP contribution in [0.1, 0.15) is 11.8 Å². The maximum absolute atomic E-state index is 10.7. The van der Waals surface area contributed by atoms with E-state index in [0.717, 1.165) is 0 Å². The molecule has 2 aromatic rings. The summed E-state index contributed by atoms with van der Waals surface area (Å²) >= 11 is 6.00. The SMILES string of the molecule is NC(=O)O[C@H](CO)c1cc(-n2cncn2)c(Cl)cn1. The molecule has 2 heterocycles. The molecule has 100 valence electrons. The summed E-state index contributed by atoms with van der Waals surface area (Å²) in [4.78, 5) is 18.5. The summed E-state index contributed by atoms with van der Waals surface area (Å²) in [6.07, 6.45) is 2.20. The molecule has 0 bridgehead atoms. The summed E-state index contributed by atoms with van der Waals surface area (Å²) in [6.45, 7) is -0.450. The van der Waals surface area contributed by atoms with Gasteiger partial charge in [0.2, 0.25) is 0 Å². The maximum Gasteiger partial charge on any atom is 0.405 e. The maximum atomic E-state index is 10.7. The lowest BCUT2D eigenvalue weighted by atomic mass is 10.2. The third-order valence-corrected chi connectivity index (χ3v) is 2.57. The number of amides is 1. The van der Waals surface area contributed by atoms with E-state index in [4.69, 9.17) is 22.1 Å². The number of carbonyl (C=O) groups excluding carboxylic acids is 1. The lowest BCUT2D eigenvalue weighted by Crippen LogP contribution is -2.20.